The van der Waals surface area contributed by atoms with E-state index in [2.05, 4.69) is 0 Å². The van der Waals surface area contributed by atoms with Crippen LogP contribution < -0.4 is 4.74 Å². The third kappa shape index (κ3) is 3.21. The lowest BCUT2D eigenvalue weighted by atomic mass is 9.83. The van der Waals surface area contributed by atoms with Gasteiger partial charge in [-0.2, -0.15) is 0 Å². The Labute approximate surface area is 125 Å². The molecule has 2 aliphatic rings. The number of hydrogen-bond donors (Lipinski definition) is 1. The van der Waals surface area contributed by atoms with Gasteiger partial charge in [0.05, 0.1) is 11.7 Å². The summed E-state index contributed by atoms with van der Waals surface area (Å²) >= 11 is 0. The molecule has 1 heterocycles. The van der Waals surface area contributed by atoms with Crippen LogP contribution in [0.3, 0.4) is 0 Å². The minimum Gasteiger partial charge on any atom is -0.490 e. The zero-order chi connectivity index (χ0) is 14.7. The van der Waals surface area contributed by atoms with E-state index in [4.69, 9.17) is 14.6 Å². The quantitative estimate of drug-likeness (QED) is 0.919. The number of ether oxygens (including phenoxy) is 2. The van der Waals surface area contributed by atoms with Crippen LogP contribution in [-0.2, 0) is 4.74 Å². The Balaban J connectivity index is 1.58. The molecular formula is C17H22O4. The van der Waals surface area contributed by atoms with Crippen LogP contribution in [0.4, 0.5) is 0 Å². The maximum atomic E-state index is 11.1. The minimum absolute atomic E-state index is 0.0819. The molecule has 1 unspecified atom stereocenters. The molecule has 4 heteroatoms. The van der Waals surface area contributed by atoms with Crippen LogP contribution in [0.25, 0.3) is 0 Å². The van der Waals surface area contributed by atoms with E-state index in [1.165, 1.54) is 19.3 Å². The lowest BCUT2D eigenvalue weighted by molar-refractivity contribution is -0.0749. The number of carbonyl (C=O) groups is 1. The first-order valence-corrected chi connectivity index (χ1v) is 7.81. The molecule has 1 aliphatic heterocycles. The van der Waals surface area contributed by atoms with Gasteiger partial charge in [0.2, 0.25) is 0 Å². The van der Waals surface area contributed by atoms with Crippen LogP contribution in [0.2, 0.25) is 0 Å². The smallest absolute Gasteiger partial charge is 0.339 e. The standard InChI is InChI=1S/C17H22O4/c18-16(19)14-6-2-3-7-15(14)20-12-13-8-11-17(21-13)9-4-1-5-10-17/h2-3,6-7,13H,1,4-5,8-12H2,(H,18,19). The molecular weight excluding hydrogens is 268 g/mol. The molecule has 2 fully saturated rings. The van der Waals surface area contributed by atoms with Gasteiger partial charge < -0.3 is 14.6 Å². The van der Waals surface area contributed by atoms with Crippen molar-refractivity contribution in [1.29, 1.82) is 0 Å². The third-order valence-electron chi connectivity index (χ3n) is 4.65. The van der Waals surface area contributed by atoms with Gasteiger partial charge in [-0.1, -0.05) is 31.4 Å². The van der Waals surface area contributed by atoms with Crippen molar-refractivity contribution < 1.29 is 19.4 Å². The first-order chi connectivity index (χ1) is 10.2. The second-order valence-corrected chi connectivity index (χ2v) is 6.13. The highest BCUT2D eigenvalue weighted by molar-refractivity contribution is 5.90. The van der Waals surface area contributed by atoms with Gasteiger partial charge in [0, 0.05) is 0 Å². The van der Waals surface area contributed by atoms with Crippen molar-refractivity contribution in [2.24, 2.45) is 0 Å². The first kappa shape index (κ1) is 14.4. The van der Waals surface area contributed by atoms with E-state index in [9.17, 15) is 4.79 Å². The number of para-hydroxylation sites is 1. The van der Waals surface area contributed by atoms with Crippen LogP contribution >= 0.6 is 0 Å². The number of carboxylic acids is 1. The Hall–Kier alpha value is -1.55. The van der Waals surface area contributed by atoms with Crippen LogP contribution in [0.1, 0.15) is 55.3 Å². The predicted octanol–water partition coefficient (Wildman–Crippen LogP) is 3.65. The normalized spacial score (nSPS) is 24.1. The zero-order valence-electron chi connectivity index (χ0n) is 12.2. The van der Waals surface area contributed by atoms with Crippen molar-refractivity contribution in [3.8, 4) is 5.75 Å². The monoisotopic (exact) mass is 290 g/mol. The van der Waals surface area contributed by atoms with Gasteiger partial charge in [-0.05, 0) is 37.8 Å². The Morgan fingerprint density at radius 2 is 2.00 bits per heavy atom. The van der Waals surface area contributed by atoms with Gasteiger partial charge in [-0.15, -0.1) is 0 Å². The summed E-state index contributed by atoms with van der Waals surface area (Å²) in [5, 5.41) is 9.15. The molecule has 1 aromatic rings. The fourth-order valence-electron chi connectivity index (χ4n) is 3.53. The predicted molar refractivity (Wildman–Crippen MR) is 78.8 cm³/mol. The summed E-state index contributed by atoms with van der Waals surface area (Å²) in [6, 6.07) is 6.77. The van der Waals surface area contributed by atoms with Gasteiger partial charge >= 0.3 is 5.97 Å². The molecule has 0 bridgehead atoms. The summed E-state index contributed by atoms with van der Waals surface area (Å²) in [5.41, 5.74) is 0.293. The summed E-state index contributed by atoms with van der Waals surface area (Å²) in [6.07, 6.45) is 8.37. The maximum absolute atomic E-state index is 11.1. The molecule has 1 saturated carbocycles. The first-order valence-electron chi connectivity index (χ1n) is 7.81. The van der Waals surface area contributed by atoms with Crippen molar-refractivity contribution in [1.82, 2.24) is 0 Å². The molecule has 1 atom stereocenters. The summed E-state index contributed by atoms with van der Waals surface area (Å²) < 4.78 is 12.0. The van der Waals surface area contributed by atoms with Gasteiger partial charge in [-0.3, -0.25) is 0 Å². The number of aromatic carboxylic acids is 1. The molecule has 0 amide bonds. The molecule has 1 N–H and O–H groups in total. The molecule has 114 valence electrons. The van der Waals surface area contributed by atoms with E-state index < -0.39 is 5.97 Å². The number of rotatable bonds is 4. The number of carboxylic acid groups (broad SMARTS) is 1. The molecule has 1 saturated heterocycles. The van der Waals surface area contributed by atoms with Crippen molar-refractivity contribution in [2.45, 2.75) is 56.7 Å². The summed E-state index contributed by atoms with van der Waals surface area (Å²) in [5.74, 6) is -0.528. The van der Waals surface area contributed by atoms with Crippen molar-refractivity contribution in [2.75, 3.05) is 6.61 Å². The van der Waals surface area contributed by atoms with E-state index >= 15 is 0 Å². The minimum atomic E-state index is -0.957. The zero-order valence-corrected chi connectivity index (χ0v) is 12.2. The summed E-state index contributed by atoms with van der Waals surface area (Å²) in [4.78, 5) is 11.1. The molecule has 4 nitrogen and oxygen atoms in total. The van der Waals surface area contributed by atoms with Crippen LogP contribution in [0.15, 0.2) is 24.3 Å². The molecule has 0 radical (unpaired) electrons. The van der Waals surface area contributed by atoms with Gasteiger partial charge in [0.15, 0.2) is 0 Å². The highest BCUT2D eigenvalue weighted by Gasteiger charge is 2.40. The molecule has 1 aromatic carbocycles. The largest absolute Gasteiger partial charge is 0.490 e. The van der Waals surface area contributed by atoms with E-state index in [-0.39, 0.29) is 17.3 Å². The molecule has 3 rings (SSSR count). The third-order valence-corrected chi connectivity index (χ3v) is 4.65. The van der Waals surface area contributed by atoms with Crippen LogP contribution in [0.5, 0.6) is 5.75 Å². The Morgan fingerprint density at radius 3 is 2.76 bits per heavy atom. The average Bonchev–Trinajstić information content (AvgIpc) is 2.89. The molecule has 1 spiro atoms. The van der Waals surface area contributed by atoms with Crippen LogP contribution in [0, 0.1) is 0 Å². The van der Waals surface area contributed by atoms with Gasteiger partial charge in [0.1, 0.15) is 17.9 Å². The Bertz CT molecular complexity index is 505. The topological polar surface area (TPSA) is 55.8 Å². The van der Waals surface area contributed by atoms with Gasteiger partial charge in [-0.25, -0.2) is 4.79 Å². The molecule has 1 aliphatic carbocycles. The van der Waals surface area contributed by atoms with Gasteiger partial charge in [0.25, 0.3) is 0 Å². The van der Waals surface area contributed by atoms with Crippen LogP contribution in [-0.4, -0.2) is 29.4 Å². The molecule has 0 aromatic heterocycles. The lowest BCUT2D eigenvalue weighted by Crippen LogP contribution is -2.33. The van der Waals surface area contributed by atoms with E-state index in [0.717, 1.165) is 25.7 Å². The number of benzene rings is 1. The Morgan fingerprint density at radius 1 is 1.24 bits per heavy atom. The second kappa shape index (κ2) is 6.06. The average molecular weight is 290 g/mol. The maximum Gasteiger partial charge on any atom is 0.339 e. The van der Waals surface area contributed by atoms with E-state index in [0.29, 0.717) is 12.4 Å². The molecule has 21 heavy (non-hydrogen) atoms. The highest BCUT2D eigenvalue weighted by atomic mass is 16.6. The summed E-state index contributed by atoms with van der Waals surface area (Å²) in [7, 11) is 0. The number of hydrogen-bond acceptors (Lipinski definition) is 3. The van der Waals surface area contributed by atoms with Crippen molar-refractivity contribution >= 4 is 5.97 Å². The lowest BCUT2D eigenvalue weighted by Gasteiger charge is -2.33. The van der Waals surface area contributed by atoms with Crippen molar-refractivity contribution in [3.05, 3.63) is 29.8 Å². The Kier molecular flexibility index (Phi) is 4.15. The highest BCUT2D eigenvalue weighted by Crippen LogP contribution is 2.42. The second-order valence-electron chi connectivity index (χ2n) is 6.13. The fourth-order valence-corrected chi connectivity index (χ4v) is 3.53. The van der Waals surface area contributed by atoms with Crippen molar-refractivity contribution in [3.63, 3.8) is 0 Å². The summed E-state index contributed by atoms with van der Waals surface area (Å²) in [6.45, 7) is 0.437. The SMILES string of the molecule is O=C(O)c1ccccc1OCC1CCC2(CCCCC2)O1. The van der Waals surface area contributed by atoms with E-state index in [1.807, 2.05) is 0 Å². The fraction of sp³-hybridized carbons (Fsp3) is 0.588. The van der Waals surface area contributed by atoms with E-state index in [1.54, 1.807) is 24.3 Å².